The third kappa shape index (κ3) is 3.90. The Morgan fingerprint density at radius 1 is 1.23 bits per heavy atom. The van der Waals surface area contributed by atoms with Crippen molar-refractivity contribution >= 4 is 11.3 Å². The van der Waals surface area contributed by atoms with E-state index in [1.807, 2.05) is 25.3 Å². The number of hydrogen-bond donors (Lipinski definition) is 2. The monoisotopic (exact) mass is 445 g/mol. The molecule has 0 spiro atoms. The van der Waals surface area contributed by atoms with Crippen molar-refractivity contribution in [2.24, 2.45) is 0 Å². The quantitative estimate of drug-likeness (QED) is 0.623. The van der Waals surface area contributed by atoms with Crippen LogP contribution < -0.4 is 10.1 Å². The number of methoxy groups -OCH3 is 1. The topological polar surface area (TPSA) is 94.3 Å². The van der Waals surface area contributed by atoms with Crippen LogP contribution in [-0.2, 0) is 4.74 Å². The van der Waals surface area contributed by atoms with Gasteiger partial charge in [-0.25, -0.2) is 9.07 Å². The number of ether oxygens (including phenoxy) is 2. The number of alkyl halides is 1. The highest BCUT2D eigenvalue weighted by Gasteiger charge is 2.46. The summed E-state index contributed by atoms with van der Waals surface area (Å²) in [6.07, 6.45) is 2.23. The maximum atomic E-state index is 15.1. The standard InChI is InChI=1S/C21H24FN5O3S/c1-11-7-8-27(26-11)13-4-5-14(15(28)10-13)20-24-25-21(31-20)30-17-9-12-3-6-16(29-2)19(23-12)18(17)22/h4-5,7-8,10,12,16-19,23,28H,3,6,9H2,1-2H3. The molecule has 2 fully saturated rings. The number of nitrogens with zero attached hydrogens (tertiary/aromatic N) is 4. The zero-order valence-corrected chi connectivity index (χ0v) is 18.1. The number of phenols is 1. The van der Waals surface area contributed by atoms with E-state index in [0.717, 1.165) is 24.2 Å². The molecular formula is C21H24FN5O3S. The Morgan fingerprint density at radius 2 is 2.10 bits per heavy atom. The molecule has 5 atom stereocenters. The Labute approximate surface area is 183 Å². The lowest BCUT2D eigenvalue weighted by atomic mass is 9.82. The highest BCUT2D eigenvalue weighted by atomic mass is 32.1. The summed E-state index contributed by atoms with van der Waals surface area (Å²) in [4.78, 5) is 0. The van der Waals surface area contributed by atoms with Gasteiger partial charge in [0.1, 0.15) is 11.9 Å². The number of aromatic nitrogens is 4. The number of aryl methyl sites for hydroxylation is 1. The van der Waals surface area contributed by atoms with Crippen LogP contribution in [0.25, 0.3) is 16.3 Å². The minimum Gasteiger partial charge on any atom is -0.507 e. The average Bonchev–Trinajstić information content (AvgIpc) is 3.41. The first kappa shape index (κ1) is 20.3. The molecule has 0 amide bonds. The lowest BCUT2D eigenvalue weighted by Gasteiger charge is -2.45. The number of piperidine rings is 2. The fourth-order valence-electron chi connectivity index (χ4n) is 4.41. The smallest absolute Gasteiger partial charge is 0.294 e. The first-order chi connectivity index (χ1) is 15.0. The van der Waals surface area contributed by atoms with Gasteiger partial charge in [-0.05, 0) is 38.0 Å². The fraction of sp³-hybridized carbons (Fsp3) is 0.476. The van der Waals surface area contributed by atoms with E-state index in [-0.39, 0.29) is 23.9 Å². The average molecular weight is 446 g/mol. The first-order valence-electron chi connectivity index (χ1n) is 10.3. The van der Waals surface area contributed by atoms with Gasteiger partial charge in [-0.15, -0.1) is 5.10 Å². The summed E-state index contributed by atoms with van der Waals surface area (Å²) in [5, 5.41) is 27.2. The second-order valence-corrected chi connectivity index (χ2v) is 8.99. The molecule has 5 rings (SSSR count). The maximum Gasteiger partial charge on any atom is 0.294 e. The van der Waals surface area contributed by atoms with Gasteiger partial charge >= 0.3 is 0 Å². The predicted octanol–water partition coefficient (Wildman–Crippen LogP) is 3.03. The molecule has 2 N–H and O–H groups in total. The molecule has 4 heterocycles. The molecule has 2 aliphatic rings. The van der Waals surface area contributed by atoms with Crippen LogP contribution in [0.3, 0.4) is 0 Å². The summed E-state index contributed by atoms with van der Waals surface area (Å²) >= 11 is 1.19. The SMILES string of the molecule is COC1CCC2CC(Oc3nnc(-c4ccc(-n5ccc(C)n5)cc4O)s3)C(F)C1N2. The van der Waals surface area contributed by atoms with Gasteiger partial charge in [0, 0.05) is 31.8 Å². The number of benzene rings is 1. The van der Waals surface area contributed by atoms with Crippen molar-refractivity contribution in [2.75, 3.05) is 7.11 Å². The second-order valence-electron chi connectivity index (χ2n) is 8.05. The molecular weight excluding hydrogens is 421 g/mol. The van der Waals surface area contributed by atoms with Gasteiger partial charge in [-0.2, -0.15) is 5.10 Å². The highest BCUT2D eigenvalue weighted by molar-refractivity contribution is 7.16. The van der Waals surface area contributed by atoms with Gasteiger partial charge < -0.3 is 19.9 Å². The molecule has 2 aromatic heterocycles. The summed E-state index contributed by atoms with van der Waals surface area (Å²) < 4.78 is 28.1. The number of hydrogen-bond acceptors (Lipinski definition) is 8. The molecule has 31 heavy (non-hydrogen) atoms. The molecule has 2 saturated heterocycles. The second kappa shape index (κ2) is 8.18. The number of fused-ring (bicyclic) bond motifs is 2. The predicted molar refractivity (Wildman–Crippen MR) is 114 cm³/mol. The molecule has 0 aliphatic carbocycles. The van der Waals surface area contributed by atoms with Crippen molar-refractivity contribution in [3.05, 3.63) is 36.2 Å². The minimum absolute atomic E-state index is 0.0658. The third-order valence-corrected chi connectivity index (χ3v) is 6.85. The lowest BCUT2D eigenvalue weighted by molar-refractivity contribution is -0.0596. The van der Waals surface area contributed by atoms with E-state index in [4.69, 9.17) is 9.47 Å². The fourth-order valence-corrected chi connectivity index (χ4v) is 5.19. The Morgan fingerprint density at radius 3 is 2.84 bits per heavy atom. The van der Waals surface area contributed by atoms with E-state index in [2.05, 4.69) is 20.6 Å². The molecule has 1 aromatic carbocycles. The van der Waals surface area contributed by atoms with Crippen LogP contribution in [0.5, 0.6) is 10.9 Å². The van der Waals surface area contributed by atoms with Crippen LogP contribution in [0, 0.1) is 6.92 Å². The van der Waals surface area contributed by atoms with Gasteiger partial charge in [-0.3, -0.25) is 0 Å². The number of phenolic OH excluding ortho intramolecular Hbond substituents is 1. The zero-order valence-electron chi connectivity index (χ0n) is 17.2. The summed E-state index contributed by atoms with van der Waals surface area (Å²) in [5.74, 6) is 0.0658. The Kier molecular flexibility index (Phi) is 5.37. The first-order valence-corrected chi connectivity index (χ1v) is 11.1. The van der Waals surface area contributed by atoms with Crippen molar-refractivity contribution < 1.29 is 19.0 Å². The molecule has 2 aliphatic heterocycles. The summed E-state index contributed by atoms with van der Waals surface area (Å²) in [7, 11) is 1.62. The molecule has 10 heteroatoms. The Bertz CT molecular complexity index is 1070. The normalized spacial score (nSPS) is 27.9. The lowest BCUT2D eigenvalue weighted by Crippen LogP contribution is -2.64. The van der Waals surface area contributed by atoms with Crippen molar-refractivity contribution in [2.45, 2.75) is 56.6 Å². The largest absolute Gasteiger partial charge is 0.507 e. The highest BCUT2D eigenvalue weighted by Crippen LogP contribution is 2.37. The molecule has 0 radical (unpaired) electrons. The Hall–Kier alpha value is -2.56. The van der Waals surface area contributed by atoms with Crippen LogP contribution in [-0.4, -0.2) is 62.7 Å². The van der Waals surface area contributed by atoms with Crippen LogP contribution in [0.1, 0.15) is 25.0 Å². The number of aromatic hydroxyl groups is 1. The summed E-state index contributed by atoms with van der Waals surface area (Å²) in [6, 6.07) is 6.96. The Balaban J connectivity index is 1.32. The van der Waals surface area contributed by atoms with Gasteiger partial charge in [0.15, 0.2) is 11.2 Å². The van der Waals surface area contributed by atoms with E-state index in [1.165, 1.54) is 11.3 Å². The van der Waals surface area contributed by atoms with Crippen molar-refractivity contribution in [1.29, 1.82) is 0 Å². The zero-order chi connectivity index (χ0) is 21.5. The van der Waals surface area contributed by atoms with Gasteiger partial charge in [0.2, 0.25) is 0 Å². The van der Waals surface area contributed by atoms with Gasteiger partial charge in [0.25, 0.3) is 5.19 Å². The van der Waals surface area contributed by atoms with Crippen molar-refractivity contribution in [3.8, 4) is 27.2 Å². The maximum absolute atomic E-state index is 15.1. The number of nitrogens with one attached hydrogen (secondary N) is 1. The third-order valence-electron chi connectivity index (χ3n) is 6.00. The van der Waals surface area contributed by atoms with Crippen LogP contribution in [0.15, 0.2) is 30.5 Å². The van der Waals surface area contributed by atoms with Crippen LogP contribution >= 0.6 is 11.3 Å². The molecule has 0 saturated carbocycles. The van der Waals surface area contributed by atoms with E-state index in [9.17, 15) is 5.11 Å². The molecule has 2 bridgehead atoms. The van der Waals surface area contributed by atoms with Crippen molar-refractivity contribution in [1.82, 2.24) is 25.3 Å². The van der Waals surface area contributed by atoms with Crippen molar-refractivity contribution in [3.63, 3.8) is 0 Å². The minimum atomic E-state index is -1.20. The summed E-state index contributed by atoms with van der Waals surface area (Å²) in [6.45, 7) is 1.90. The van der Waals surface area contributed by atoms with Crippen LogP contribution in [0.2, 0.25) is 0 Å². The van der Waals surface area contributed by atoms with Crippen LogP contribution in [0.4, 0.5) is 4.39 Å². The van der Waals surface area contributed by atoms with Gasteiger partial charge in [-0.1, -0.05) is 16.4 Å². The molecule has 8 nitrogen and oxygen atoms in total. The molecule has 5 unspecified atom stereocenters. The van der Waals surface area contributed by atoms with Gasteiger partial charge in [0.05, 0.1) is 29.1 Å². The summed E-state index contributed by atoms with van der Waals surface area (Å²) in [5.41, 5.74) is 2.17. The van der Waals surface area contributed by atoms with E-state index in [1.54, 1.807) is 23.9 Å². The number of rotatable bonds is 5. The molecule has 164 valence electrons. The van der Waals surface area contributed by atoms with E-state index < -0.39 is 12.3 Å². The number of halogens is 1. The molecule has 3 aromatic rings. The van der Waals surface area contributed by atoms with E-state index >= 15 is 4.39 Å². The van der Waals surface area contributed by atoms with E-state index in [0.29, 0.717) is 22.2 Å².